The molecule has 4 bridgehead atoms. The van der Waals surface area contributed by atoms with Gasteiger partial charge in [-0.25, -0.2) is 0 Å². The number of hydrogen-bond acceptors (Lipinski definition) is 4. The van der Waals surface area contributed by atoms with Crippen LogP contribution < -0.4 is 0 Å². The smallest absolute Gasteiger partial charge is 0.322 e. The number of carbonyl (C=O) groups excluding carboxylic acids is 2. The van der Waals surface area contributed by atoms with Crippen molar-refractivity contribution in [3.8, 4) is 0 Å². The van der Waals surface area contributed by atoms with Crippen LogP contribution in [0.2, 0.25) is 0 Å². The Morgan fingerprint density at radius 3 is 1.67 bits per heavy atom. The Kier molecular flexibility index (Phi) is 3.53. The molecule has 21 heavy (non-hydrogen) atoms. The van der Waals surface area contributed by atoms with Gasteiger partial charge in [0, 0.05) is 0 Å². The third-order valence-electron chi connectivity index (χ3n) is 6.17. The van der Waals surface area contributed by atoms with E-state index >= 15 is 0 Å². The van der Waals surface area contributed by atoms with Crippen molar-refractivity contribution in [1.29, 1.82) is 0 Å². The zero-order valence-corrected chi connectivity index (χ0v) is 13.3. The SMILES string of the molecule is COC(=O)C(C)(CC12CC3CC(CC(C3)C1)C2)C(=O)OC. The van der Waals surface area contributed by atoms with Gasteiger partial charge in [-0.3, -0.25) is 9.59 Å². The average Bonchev–Trinajstić information content (AvgIpc) is 2.43. The van der Waals surface area contributed by atoms with Gasteiger partial charge >= 0.3 is 11.9 Å². The van der Waals surface area contributed by atoms with Crippen molar-refractivity contribution in [2.24, 2.45) is 28.6 Å². The number of esters is 2. The molecule has 0 amide bonds. The van der Waals surface area contributed by atoms with Crippen molar-refractivity contribution in [3.05, 3.63) is 0 Å². The van der Waals surface area contributed by atoms with Crippen molar-refractivity contribution < 1.29 is 19.1 Å². The van der Waals surface area contributed by atoms with Crippen LogP contribution in [-0.2, 0) is 19.1 Å². The molecule has 4 aliphatic carbocycles. The molecule has 4 heteroatoms. The Morgan fingerprint density at radius 2 is 1.33 bits per heavy atom. The summed E-state index contributed by atoms with van der Waals surface area (Å²) in [6.45, 7) is 1.70. The molecule has 4 nitrogen and oxygen atoms in total. The first kappa shape index (κ1) is 14.9. The minimum atomic E-state index is -1.16. The van der Waals surface area contributed by atoms with Crippen LogP contribution >= 0.6 is 0 Å². The average molecular weight is 294 g/mol. The molecule has 0 N–H and O–H groups in total. The standard InChI is InChI=1S/C17H26O4/c1-16(14(18)20-2,15(19)21-3)10-17-7-11-4-12(8-17)6-13(5-11)9-17/h11-13H,4-10H2,1-3H3. The Hall–Kier alpha value is -1.06. The summed E-state index contributed by atoms with van der Waals surface area (Å²) in [5, 5.41) is 0. The first-order valence-corrected chi connectivity index (χ1v) is 8.07. The van der Waals surface area contributed by atoms with E-state index in [0.717, 1.165) is 17.8 Å². The lowest BCUT2D eigenvalue weighted by molar-refractivity contribution is -0.174. The van der Waals surface area contributed by atoms with Crippen molar-refractivity contribution in [2.45, 2.75) is 51.9 Å². The van der Waals surface area contributed by atoms with E-state index in [0.29, 0.717) is 6.42 Å². The molecule has 0 spiro atoms. The lowest BCUT2D eigenvalue weighted by Gasteiger charge is -2.58. The van der Waals surface area contributed by atoms with E-state index in [1.807, 2.05) is 0 Å². The van der Waals surface area contributed by atoms with E-state index in [1.165, 1.54) is 52.7 Å². The molecule has 0 aliphatic heterocycles. The second-order valence-corrected chi connectivity index (χ2v) is 7.91. The molecule has 4 rings (SSSR count). The molecule has 0 heterocycles. The fourth-order valence-electron chi connectivity index (χ4n) is 5.93. The molecular formula is C17H26O4. The van der Waals surface area contributed by atoms with Gasteiger partial charge in [0.15, 0.2) is 5.41 Å². The number of methoxy groups -OCH3 is 2. The topological polar surface area (TPSA) is 52.6 Å². The van der Waals surface area contributed by atoms with Gasteiger partial charge in [0.05, 0.1) is 14.2 Å². The number of carbonyl (C=O) groups is 2. The van der Waals surface area contributed by atoms with Crippen molar-refractivity contribution in [1.82, 2.24) is 0 Å². The molecule has 0 radical (unpaired) electrons. The zero-order valence-electron chi connectivity index (χ0n) is 13.3. The monoisotopic (exact) mass is 294 g/mol. The molecule has 0 aromatic carbocycles. The van der Waals surface area contributed by atoms with Crippen molar-refractivity contribution in [2.75, 3.05) is 14.2 Å². The van der Waals surface area contributed by atoms with Crippen molar-refractivity contribution in [3.63, 3.8) is 0 Å². The van der Waals surface area contributed by atoms with Crippen LogP contribution in [0.1, 0.15) is 51.9 Å². The minimum absolute atomic E-state index is 0.145. The Balaban J connectivity index is 1.86. The molecule has 0 aromatic heterocycles. The van der Waals surface area contributed by atoms with Gasteiger partial charge in [0.25, 0.3) is 0 Å². The molecule has 0 unspecified atom stereocenters. The van der Waals surface area contributed by atoms with Gasteiger partial charge in [-0.05, 0) is 75.0 Å². The van der Waals surface area contributed by atoms with E-state index in [2.05, 4.69) is 0 Å². The predicted octanol–water partition coefficient (Wildman–Crippen LogP) is 2.95. The van der Waals surface area contributed by atoms with E-state index in [9.17, 15) is 9.59 Å². The highest BCUT2D eigenvalue weighted by Gasteiger charge is 2.56. The second kappa shape index (κ2) is 4.99. The molecule has 0 saturated heterocycles. The first-order chi connectivity index (χ1) is 9.90. The summed E-state index contributed by atoms with van der Waals surface area (Å²) in [7, 11) is 2.70. The van der Waals surface area contributed by atoms with Gasteiger partial charge < -0.3 is 9.47 Å². The van der Waals surface area contributed by atoms with Gasteiger partial charge in [-0.15, -0.1) is 0 Å². The van der Waals surface area contributed by atoms with Crippen LogP contribution in [0.3, 0.4) is 0 Å². The molecule has 4 fully saturated rings. The number of ether oxygens (including phenoxy) is 2. The van der Waals surface area contributed by atoms with Crippen LogP contribution in [0.4, 0.5) is 0 Å². The van der Waals surface area contributed by atoms with Crippen LogP contribution in [0.15, 0.2) is 0 Å². The van der Waals surface area contributed by atoms with Crippen LogP contribution in [0.5, 0.6) is 0 Å². The van der Waals surface area contributed by atoms with Crippen LogP contribution in [0, 0.1) is 28.6 Å². The normalized spacial score (nSPS) is 37.4. The predicted molar refractivity (Wildman–Crippen MR) is 77.4 cm³/mol. The van der Waals surface area contributed by atoms with E-state index in [-0.39, 0.29) is 5.41 Å². The summed E-state index contributed by atoms with van der Waals surface area (Å²) in [5.74, 6) is 1.50. The maximum Gasteiger partial charge on any atom is 0.322 e. The molecule has 4 saturated carbocycles. The fraction of sp³-hybridized carbons (Fsp3) is 0.882. The van der Waals surface area contributed by atoms with Gasteiger partial charge in [0.1, 0.15) is 0 Å². The summed E-state index contributed by atoms with van der Waals surface area (Å²) in [4.78, 5) is 24.5. The molecule has 0 atom stereocenters. The molecule has 0 aromatic rings. The van der Waals surface area contributed by atoms with E-state index in [4.69, 9.17) is 9.47 Å². The Morgan fingerprint density at radius 1 is 0.952 bits per heavy atom. The molecule has 4 aliphatic rings. The lowest BCUT2D eigenvalue weighted by Crippen LogP contribution is -2.51. The largest absolute Gasteiger partial charge is 0.468 e. The summed E-state index contributed by atoms with van der Waals surface area (Å²) in [5.41, 5.74) is -1.01. The van der Waals surface area contributed by atoms with E-state index < -0.39 is 17.4 Å². The Bertz CT molecular complexity index is 402. The third kappa shape index (κ3) is 2.36. The highest BCUT2D eigenvalue weighted by molar-refractivity contribution is 5.99. The second-order valence-electron chi connectivity index (χ2n) is 7.91. The Labute approximate surface area is 126 Å². The van der Waals surface area contributed by atoms with E-state index in [1.54, 1.807) is 6.92 Å². The third-order valence-corrected chi connectivity index (χ3v) is 6.17. The van der Waals surface area contributed by atoms with Gasteiger partial charge in [-0.2, -0.15) is 0 Å². The number of rotatable bonds is 4. The fourth-order valence-corrected chi connectivity index (χ4v) is 5.93. The van der Waals surface area contributed by atoms with Gasteiger partial charge in [-0.1, -0.05) is 0 Å². The lowest BCUT2D eigenvalue weighted by atomic mass is 9.47. The first-order valence-electron chi connectivity index (χ1n) is 8.07. The summed E-state index contributed by atoms with van der Waals surface area (Å²) >= 11 is 0. The molecule has 118 valence electrons. The summed E-state index contributed by atoms with van der Waals surface area (Å²) in [6.07, 6.45) is 8.15. The zero-order chi connectivity index (χ0) is 15.3. The summed E-state index contributed by atoms with van der Waals surface area (Å²) in [6, 6.07) is 0. The summed E-state index contributed by atoms with van der Waals surface area (Å²) < 4.78 is 9.83. The van der Waals surface area contributed by atoms with Crippen LogP contribution in [0.25, 0.3) is 0 Å². The number of hydrogen-bond donors (Lipinski definition) is 0. The van der Waals surface area contributed by atoms with Crippen LogP contribution in [-0.4, -0.2) is 26.2 Å². The minimum Gasteiger partial charge on any atom is -0.468 e. The van der Waals surface area contributed by atoms with Gasteiger partial charge in [0.2, 0.25) is 0 Å². The highest BCUT2D eigenvalue weighted by Crippen LogP contribution is 2.63. The van der Waals surface area contributed by atoms with Crippen molar-refractivity contribution >= 4 is 11.9 Å². The maximum absolute atomic E-state index is 12.2. The quantitative estimate of drug-likeness (QED) is 0.591. The highest BCUT2D eigenvalue weighted by atomic mass is 16.5. The molecular weight excluding hydrogens is 268 g/mol. The maximum atomic E-state index is 12.2.